The molecule has 0 radical (unpaired) electrons. The maximum absolute atomic E-state index is 11.0. The van der Waals surface area contributed by atoms with Crippen LogP contribution in [0.4, 0.5) is 0 Å². The van der Waals surface area contributed by atoms with Crippen molar-refractivity contribution >= 4 is 5.97 Å². The lowest BCUT2D eigenvalue weighted by molar-refractivity contribution is -0.145. The van der Waals surface area contributed by atoms with E-state index in [0.29, 0.717) is 6.42 Å². The van der Waals surface area contributed by atoms with Crippen molar-refractivity contribution in [3.63, 3.8) is 0 Å². The Hall–Kier alpha value is -0.910. The van der Waals surface area contributed by atoms with E-state index in [1.165, 1.54) is 13.2 Å². The van der Waals surface area contributed by atoms with Crippen molar-refractivity contribution in [2.45, 2.75) is 51.3 Å². The Morgan fingerprint density at radius 1 is 1.53 bits per heavy atom. The molecule has 5 heteroatoms. The van der Waals surface area contributed by atoms with Gasteiger partial charge in [0.1, 0.15) is 6.10 Å². The molecule has 0 bridgehead atoms. The van der Waals surface area contributed by atoms with Crippen LogP contribution in [0.1, 0.15) is 27.2 Å². The SMILES string of the molecule is COC(=O)/C=C/[C@H]1OC(C)(C)O[C@@H]1C[C@@H](C)O. The highest BCUT2D eigenvalue weighted by atomic mass is 16.7. The molecule has 1 aliphatic heterocycles. The number of hydrogen-bond donors (Lipinski definition) is 1. The number of aliphatic hydroxyl groups excluding tert-OH is 1. The molecule has 1 heterocycles. The predicted molar refractivity (Wildman–Crippen MR) is 61.3 cm³/mol. The summed E-state index contributed by atoms with van der Waals surface area (Å²) in [6.07, 6.45) is 2.29. The molecule has 17 heavy (non-hydrogen) atoms. The van der Waals surface area contributed by atoms with Crippen molar-refractivity contribution in [3.8, 4) is 0 Å². The minimum absolute atomic E-state index is 0.258. The molecule has 1 fully saturated rings. The van der Waals surface area contributed by atoms with Crippen LogP contribution in [0.25, 0.3) is 0 Å². The summed E-state index contributed by atoms with van der Waals surface area (Å²) in [7, 11) is 1.32. The number of esters is 1. The number of hydrogen-bond acceptors (Lipinski definition) is 5. The summed E-state index contributed by atoms with van der Waals surface area (Å²) >= 11 is 0. The van der Waals surface area contributed by atoms with Gasteiger partial charge in [-0.1, -0.05) is 0 Å². The third-order valence-corrected chi connectivity index (χ3v) is 2.42. The van der Waals surface area contributed by atoms with E-state index in [2.05, 4.69) is 4.74 Å². The minimum atomic E-state index is -0.704. The quantitative estimate of drug-likeness (QED) is 0.590. The van der Waals surface area contributed by atoms with Gasteiger partial charge in [-0.05, 0) is 26.8 Å². The zero-order valence-corrected chi connectivity index (χ0v) is 10.7. The second kappa shape index (κ2) is 5.62. The molecule has 1 aliphatic rings. The zero-order chi connectivity index (χ0) is 13.1. The van der Waals surface area contributed by atoms with Gasteiger partial charge in [-0.25, -0.2) is 4.79 Å². The Morgan fingerprint density at radius 2 is 2.18 bits per heavy atom. The van der Waals surface area contributed by atoms with Gasteiger partial charge in [-0.15, -0.1) is 0 Å². The molecule has 0 aliphatic carbocycles. The molecule has 1 N–H and O–H groups in total. The van der Waals surface area contributed by atoms with Crippen LogP contribution in [-0.2, 0) is 19.0 Å². The molecule has 0 saturated carbocycles. The Balaban J connectivity index is 2.67. The highest BCUT2D eigenvalue weighted by molar-refractivity contribution is 5.81. The summed E-state index contributed by atoms with van der Waals surface area (Å²) in [6.45, 7) is 5.29. The highest BCUT2D eigenvalue weighted by Crippen LogP contribution is 2.31. The summed E-state index contributed by atoms with van der Waals surface area (Å²) < 4.78 is 15.8. The van der Waals surface area contributed by atoms with Gasteiger partial charge in [-0.3, -0.25) is 0 Å². The largest absolute Gasteiger partial charge is 0.466 e. The van der Waals surface area contributed by atoms with E-state index in [1.54, 1.807) is 26.8 Å². The van der Waals surface area contributed by atoms with E-state index in [9.17, 15) is 9.90 Å². The smallest absolute Gasteiger partial charge is 0.330 e. The zero-order valence-electron chi connectivity index (χ0n) is 10.7. The van der Waals surface area contributed by atoms with E-state index in [1.807, 2.05) is 0 Å². The van der Waals surface area contributed by atoms with Crippen LogP contribution in [0, 0.1) is 0 Å². The van der Waals surface area contributed by atoms with Crippen molar-refractivity contribution in [3.05, 3.63) is 12.2 Å². The van der Waals surface area contributed by atoms with Crippen molar-refractivity contribution in [1.82, 2.24) is 0 Å². The van der Waals surface area contributed by atoms with Gasteiger partial charge in [-0.2, -0.15) is 0 Å². The molecule has 5 nitrogen and oxygen atoms in total. The third-order valence-electron chi connectivity index (χ3n) is 2.42. The monoisotopic (exact) mass is 244 g/mol. The van der Waals surface area contributed by atoms with Crippen molar-refractivity contribution in [2.75, 3.05) is 7.11 Å². The molecule has 0 spiro atoms. The van der Waals surface area contributed by atoms with Crippen LogP contribution in [0.3, 0.4) is 0 Å². The van der Waals surface area contributed by atoms with Crippen LogP contribution >= 0.6 is 0 Å². The number of carbonyl (C=O) groups is 1. The van der Waals surface area contributed by atoms with Gasteiger partial charge in [0.05, 0.1) is 19.3 Å². The summed E-state index contributed by atoms with van der Waals surface area (Å²) in [5.41, 5.74) is 0. The fraction of sp³-hybridized carbons (Fsp3) is 0.750. The molecule has 98 valence electrons. The number of ether oxygens (including phenoxy) is 3. The van der Waals surface area contributed by atoms with Crippen LogP contribution in [0.15, 0.2) is 12.2 Å². The Morgan fingerprint density at radius 3 is 2.71 bits per heavy atom. The molecule has 0 aromatic heterocycles. The lowest BCUT2D eigenvalue weighted by Crippen LogP contribution is -2.25. The van der Waals surface area contributed by atoms with E-state index >= 15 is 0 Å². The second-order valence-electron chi connectivity index (χ2n) is 4.61. The van der Waals surface area contributed by atoms with E-state index in [0.717, 1.165) is 0 Å². The molecule has 0 aromatic carbocycles. The molecule has 0 amide bonds. The van der Waals surface area contributed by atoms with Gasteiger partial charge >= 0.3 is 5.97 Å². The topological polar surface area (TPSA) is 65.0 Å². The Kier molecular flexibility index (Phi) is 4.68. The van der Waals surface area contributed by atoms with Crippen LogP contribution in [-0.4, -0.2) is 42.3 Å². The first-order valence-electron chi connectivity index (χ1n) is 5.64. The van der Waals surface area contributed by atoms with E-state index in [-0.39, 0.29) is 12.2 Å². The molecule has 0 aromatic rings. The van der Waals surface area contributed by atoms with E-state index < -0.39 is 17.9 Å². The third kappa shape index (κ3) is 4.46. The van der Waals surface area contributed by atoms with Crippen molar-refractivity contribution in [2.24, 2.45) is 0 Å². The van der Waals surface area contributed by atoms with Crippen molar-refractivity contribution in [1.29, 1.82) is 0 Å². The lowest BCUT2D eigenvalue weighted by atomic mass is 10.1. The molecular formula is C12H20O5. The number of aliphatic hydroxyl groups is 1. The van der Waals surface area contributed by atoms with Gasteiger partial charge in [0.2, 0.25) is 0 Å². The van der Waals surface area contributed by atoms with Gasteiger partial charge in [0.15, 0.2) is 5.79 Å². The fourth-order valence-electron chi connectivity index (χ4n) is 1.79. The molecule has 1 rings (SSSR count). The normalized spacial score (nSPS) is 29.5. The average Bonchev–Trinajstić information content (AvgIpc) is 2.48. The highest BCUT2D eigenvalue weighted by Gasteiger charge is 2.40. The first kappa shape index (κ1) is 14.2. The molecular weight excluding hydrogens is 224 g/mol. The number of methoxy groups -OCH3 is 1. The van der Waals surface area contributed by atoms with Crippen LogP contribution in [0.5, 0.6) is 0 Å². The minimum Gasteiger partial charge on any atom is -0.466 e. The lowest BCUT2D eigenvalue weighted by Gasteiger charge is -2.17. The fourth-order valence-corrected chi connectivity index (χ4v) is 1.79. The molecule has 0 unspecified atom stereocenters. The summed E-state index contributed by atoms with van der Waals surface area (Å²) in [5, 5.41) is 9.37. The van der Waals surface area contributed by atoms with Crippen molar-refractivity contribution < 1.29 is 24.1 Å². The second-order valence-corrected chi connectivity index (χ2v) is 4.61. The number of rotatable bonds is 4. The first-order valence-corrected chi connectivity index (χ1v) is 5.64. The maximum atomic E-state index is 11.0. The molecule has 1 saturated heterocycles. The summed E-state index contributed by atoms with van der Waals surface area (Å²) in [6, 6.07) is 0. The summed E-state index contributed by atoms with van der Waals surface area (Å²) in [5.74, 6) is -1.14. The van der Waals surface area contributed by atoms with Gasteiger partial charge in [0.25, 0.3) is 0 Å². The standard InChI is InChI=1S/C12H20O5/c1-8(13)7-10-9(5-6-11(14)15-4)16-12(2,3)17-10/h5-6,8-10,13H,7H2,1-4H3/b6-5+/t8-,9-,10-/m1/s1. The summed E-state index contributed by atoms with van der Waals surface area (Å²) in [4.78, 5) is 11.0. The Labute approximate surface area is 101 Å². The predicted octanol–water partition coefficient (Wildman–Crippen LogP) is 1.01. The van der Waals surface area contributed by atoms with Crippen LogP contribution < -0.4 is 0 Å². The van der Waals surface area contributed by atoms with Crippen LogP contribution in [0.2, 0.25) is 0 Å². The van der Waals surface area contributed by atoms with Gasteiger partial charge in [0, 0.05) is 12.5 Å². The first-order chi connectivity index (χ1) is 7.84. The van der Waals surface area contributed by atoms with Gasteiger partial charge < -0.3 is 19.3 Å². The number of carbonyl (C=O) groups excluding carboxylic acids is 1. The molecule has 3 atom stereocenters. The Bertz CT molecular complexity index is 295. The van der Waals surface area contributed by atoms with E-state index in [4.69, 9.17) is 9.47 Å². The average molecular weight is 244 g/mol. The maximum Gasteiger partial charge on any atom is 0.330 e.